The van der Waals surface area contributed by atoms with Crippen LogP contribution in [0.5, 0.6) is 11.5 Å². The summed E-state index contributed by atoms with van der Waals surface area (Å²) in [5.41, 5.74) is 0.646. The van der Waals surface area contributed by atoms with E-state index in [1.54, 1.807) is 25.1 Å². The highest BCUT2D eigenvalue weighted by atomic mass is 32.2. The average Bonchev–Trinajstić information content (AvgIpc) is 3.01. The maximum absolute atomic E-state index is 11.7. The number of hydrogen-bond acceptors (Lipinski definition) is 9. The standard InChI is InChI=1S/C17H17N3O6S/c1-4-14(21)26-11-6-5-10(7-12(11)24-2)9-18-20-17-19-16(23)13(27-17)8-15(22)25-3/h5-9H,4H2,1-3H3,(H,19,20,23)/b13-8+,18-9?. The number of hydrogen-bond donors (Lipinski definition) is 1. The molecule has 27 heavy (non-hydrogen) atoms. The summed E-state index contributed by atoms with van der Waals surface area (Å²) in [5.74, 6) is -0.772. The Hall–Kier alpha value is -3.14. The molecule has 0 spiro atoms. The van der Waals surface area contributed by atoms with E-state index in [1.165, 1.54) is 20.4 Å². The lowest BCUT2D eigenvalue weighted by atomic mass is 10.2. The molecule has 1 aromatic carbocycles. The van der Waals surface area contributed by atoms with E-state index in [-0.39, 0.29) is 22.5 Å². The van der Waals surface area contributed by atoms with E-state index in [4.69, 9.17) is 9.47 Å². The van der Waals surface area contributed by atoms with Crippen molar-refractivity contribution >= 4 is 41.0 Å². The Morgan fingerprint density at radius 2 is 2.04 bits per heavy atom. The van der Waals surface area contributed by atoms with Crippen molar-refractivity contribution in [3.63, 3.8) is 0 Å². The quantitative estimate of drug-likeness (QED) is 0.257. The predicted molar refractivity (Wildman–Crippen MR) is 99.8 cm³/mol. The fourth-order valence-corrected chi connectivity index (χ4v) is 2.57. The maximum atomic E-state index is 11.7. The van der Waals surface area contributed by atoms with Crippen LogP contribution in [0.2, 0.25) is 0 Å². The molecule has 1 aromatic rings. The highest BCUT2D eigenvalue weighted by Crippen LogP contribution is 2.28. The molecular formula is C17H17N3O6S. The summed E-state index contributed by atoms with van der Waals surface area (Å²) in [5, 5.41) is 10.5. The van der Waals surface area contributed by atoms with Crippen LogP contribution in [0.25, 0.3) is 0 Å². The van der Waals surface area contributed by atoms with Gasteiger partial charge in [0, 0.05) is 12.5 Å². The van der Waals surface area contributed by atoms with Crippen LogP contribution in [0.3, 0.4) is 0 Å². The van der Waals surface area contributed by atoms with Gasteiger partial charge >= 0.3 is 11.9 Å². The minimum Gasteiger partial charge on any atom is -0.493 e. The molecule has 0 aromatic heterocycles. The van der Waals surface area contributed by atoms with Gasteiger partial charge in [-0.25, -0.2) is 4.79 Å². The summed E-state index contributed by atoms with van der Waals surface area (Å²) >= 11 is 0.971. The van der Waals surface area contributed by atoms with Crippen molar-refractivity contribution in [2.75, 3.05) is 14.2 Å². The number of rotatable bonds is 6. The zero-order valence-electron chi connectivity index (χ0n) is 14.8. The van der Waals surface area contributed by atoms with Gasteiger partial charge in [0.15, 0.2) is 16.7 Å². The van der Waals surface area contributed by atoms with E-state index in [1.807, 2.05) is 0 Å². The van der Waals surface area contributed by atoms with E-state index >= 15 is 0 Å². The second kappa shape index (κ2) is 9.53. The van der Waals surface area contributed by atoms with Crippen molar-refractivity contribution in [2.24, 2.45) is 10.2 Å². The van der Waals surface area contributed by atoms with Crippen molar-refractivity contribution in [1.82, 2.24) is 5.32 Å². The molecule has 0 atom stereocenters. The Kier molecular flexibility index (Phi) is 7.12. The first-order valence-electron chi connectivity index (χ1n) is 7.75. The summed E-state index contributed by atoms with van der Waals surface area (Å²) in [7, 11) is 2.68. The molecule has 1 amide bonds. The van der Waals surface area contributed by atoms with Crippen LogP contribution in [0, 0.1) is 0 Å². The molecule has 142 valence electrons. The molecule has 1 aliphatic heterocycles. The molecular weight excluding hydrogens is 374 g/mol. The van der Waals surface area contributed by atoms with E-state index in [0.29, 0.717) is 17.1 Å². The second-order valence-corrected chi connectivity index (χ2v) is 6.01. The van der Waals surface area contributed by atoms with Crippen LogP contribution in [0.1, 0.15) is 18.9 Å². The third-order valence-electron chi connectivity index (χ3n) is 3.16. The smallest absolute Gasteiger partial charge is 0.331 e. The number of amidine groups is 1. The molecule has 0 unspecified atom stereocenters. The van der Waals surface area contributed by atoms with E-state index in [2.05, 4.69) is 20.3 Å². The number of benzene rings is 1. The Morgan fingerprint density at radius 3 is 2.70 bits per heavy atom. The molecule has 10 heteroatoms. The topological polar surface area (TPSA) is 116 Å². The van der Waals surface area contributed by atoms with E-state index in [9.17, 15) is 14.4 Å². The third-order valence-corrected chi connectivity index (χ3v) is 4.06. The van der Waals surface area contributed by atoms with Gasteiger partial charge in [-0.2, -0.15) is 5.10 Å². The number of carbonyl (C=O) groups excluding carboxylic acids is 3. The third kappa shape index (κ3) is 5.68. The fraction of sp³-hybridized carbons (Fsp3) is 0.235. The van der Waals surface area contributed by atoms with Crippen LogP contribution in [-0.2, 0) is 19.1 Å². The Balaban J connectivity index is 2.09. The van der Waals surface area contributed by atoms with Crippen molar-refractivity contribution in [1.29, 1.82) is 0 Å². The van der Waals surface area contributed by atoms with Gasteiger partial charge in [-0.05, 0) is 35.5 Å². The maximum Gasteiger partial charge on any atom is 0.331 e. The zero-order chi connectivity index (χ0) is 19.8. The van der Waals surface area contributed by atoms with Gasteiger partial charge in [0.25, 0.3) is 5.91 Å². The van der Waals surface area contributed by atoms with Crippen LogP contribution >= 0.6 is 11.8 Å². The van der Waals surface area contributed by atoms with Crippen LogP contribution in [0.4, 0.5) is 0 Å². The number of nitrogens with zero attached hydrogens (tertiary/aromatic N) is 2. The van der Waals surface area contributed by atoms with Crippen molar-refractivity contribution in [3.8, 4) is 11.5 Å². The molecule has 2 rings (SSSR count). The normalized spacial score (nSPS) is 16.6. The number of carbonyl (C=O) groups is 3. The van der Waals surface area contributed by atoms with Crippen molar-refractivity contribution < 1.29 is 28.6 Å². The lowest BCUT2D eigenvalue weighted by Crippen LogP contribution is -2.19. The highest BCUT2D eigenvalue weighted by molar-refractivity contribution is 8.18. The molecule has 0 bridgehead atoms. The summed E-state index contributed by atoms with van der Waals surface area (Å²) in [4.78, 5) is 34.5. The van der Waals surface area contributed by atoms with Gasteiger partial charge in [-0.3, -0.25) is 14.9 Å². The van der Waals surface area contributed by atoms with Gasteiger partial charge in [0.05, 0.1) is 25.3 Å². The van der Waals surface area contributed by atoms with Crippen molar-refractivity contribution in [3.05, 3.63) is 34.7 Å². The Morgan fingerprint density at radius 1 is 1.26 bits per heavy atom. The molecule has 0 radical (unpaired) electrons. The zero-order valence-corrected chi connectivity index (χ0v) is 15.7. The summed E-state index contributed by atoms with van der Waals surface area (Å²) < 4.78 is 14.8. The predicted octanol–water partition coefficient (Wildman–Crippen LogP) is 1.62. The Labute approximate surface area is 159 Å². The fourth-order valence-electron chi connectivity index (χ4n) is 1.83. The molecule has 1 fully saturated rings. The van der Waals surface area contributed by atoms with E-state index in [0.717, 1.165) is 17.8 Å². The van der Waals surface area contributed by atoms with Gasteiger partial charge < -0.3 is 14.2 Å². The lowest BCUT2D eigenvalue weighted by molar-refractivity contribution is -0.135. The second-order valence-electron chi connectivity index (χ2n) is 4.98. The minimum absolute atomic E-state index is 0.166. The Bertz CT molecular complexity index is 847. The number of thioether (sulfide) groups is 1. The first kappa shape index (κ1) is 20.2. The summed E-state index contributed by atoms with van der Waals surface area (Å²) in [6, 6.07) is 4.89. The van der Waals surface area contributed by atoms with Crippen molar-refractivity contribution in [2.45, 2.75) is 13.3 Å². The number of amides is 1. The first-order valence-corrected chi connectivity index (χ1v) is 8.57. The van der Waals surface area contributed by atoms with Crippen LogP contribution in [-0.4, -0.2) is 43.4 Å². The number of ether oxygens (including phenoxy) is 3. The van der Waals surface area contributed by atoms with Gasteiger partial charge in [0.2, 0.25) is 0 Å². The number of esters is 2. The van der Waals surface area contributed by atoms with E-state index < -0.39 is 11.9 Å². The molecule has 0 aliphatic carbocycles. The first-order chi connectivity index (χ1) is 13.0. The molecule has 1 heterocycles. The van der Waals surface area contributed by atoms with Gasteiger partial charge in [-0.1, -0.05) is 6.92 Å². The van der Waals surface area contributed by atoms with Gasteiger partial charge in [0.1, 0.15) is 0 Å². The SMILES string of the molecule is CCC(=O)Oc1ccc(C=N/N=C2/NC(=O)/C(=C\C(=O)OC)S2)cc1OC. The largest absolute Gasteiger partial charge is 0.493 e. The summed E-state index contributed by atoms with van der Waals surface area (Å²) in [6.45, 7) is 1.70. The average molecular weight is 391 g/mol. The monoisotopic (exact) mass is 391 g/mol. The van der Waals surface area contributed by atoms with Crippen LogP contribution in [0.15, 0.2) is 39.4 Å². The molecule has 1 saturated heterocycles. The number of methoxy groups -OCH3 is 2. The highest BCUT2D eigenvalue weighted by Gasteiger charge is 2.25. The minimum atomic E-state index is -0.631. The lowest BCUT2D eigenvalue weighted by Gasteiger charge is -2.08. The molecule has 9 nitrogen and oxygen atoms in total. The molecule has 0 saturated carbocycles. The molecule has 1 N–H and O–H groups in total. The van der Waals surface area contributed by atoms with Gasteiger partial charge in [-0.15, -0.1) is 5.10 Å². The molecule has 1 aliphatic rings. The number of nitrogens with one attached hydrogen (secondary N) is 1. The summed E-state index contributed by atoms with van der Waals surface area (Å²) in [6.07, 6.45) is 2.77. The van der Waals surface area contributed by atoms with Crippen LogP contribution < -0.4 is 14.8 Å².